The average molecular weight is 404 g/mol. The molecule has 0 atom stereocenters. The van der Waals surface area contributed by atoms with Gasteiger partial charge in [0.25, 0.3) is 5.91 Å². The van der Waals surface area contributed by atoms with Crippen molar-refractivity contribution in [2.45, 2.75) is 19.3 Å². The van der Waals surface area contributed by atoms with Gasteiger partial charge in [-0.1, -0.05) is 15.9 Å². The minimum Gasteiger partial charge on any atom is -0.352 e. The maximum atomic E-state index is 12.0. The number of carbonyl (C=O) groups excluding carboxylic acids is 2. The Balaban J connectivity index is 1.77. The largest absolute Gasteiger partial charge is 0.352 e. The van der Waals surface area contributed by atoms with Gasteiger partial charge in [-0.05, 0) is 47.0 Å². The molecule has 0 saturated carbocycles. The van der Waals surface area contributed by atoms with Gasteiger partial charge in [0.05, 0.1) is 5.56 Å². The molecule has 1 N–H and O–H groups in total. The highest BCUT2D eigenvalue weighted by molar-refractivity contribution is 9.11. The molecular weight excluding hydrogens is 388 g/mol. The third kappa shape index (κ3) is 4.06. The van der Waals surface area contributed by atoms with Crippen molar-refractivity contribution in [2.75, 3.05) is 19.6 Å². The van der Waals surface area contributed by atoms with E-state index < -0.39 is 0 Å². The van der Waals surface area contributed by atoms with Gasteiger partial charge in [-0.3, -0.25) is 9.59 Å². The van der Waals surface area contributed by atoms with Crippen LogP contribution in [0.15, 0.2) is 27.1 Å². The van der Waals surface area contributed by atoms with Crippen molar-refractivity contribution in [1.29, 1.82) is 0 Å². The number of hydrogen-bond acceptors (Lipinski definition) is 2. The van der Waals surface area contributed by atoms with Crippen molar-refractivity contribution in [3.8, 4) is 0 Å². The number of rotatable bonds is 5. The predicted octanol–water partition coefficient (Wildman–Crippen LogP) is 2.95. The molecule has 1 aromatic carbocycles. The van der Waals surface area contributed by atoms with E-state index in [0.29, 0.717) is 18.5 Å². The summed E-state index contributed by atoms with van der Waals surface area (Å²) < 4.78 is 1.64. The van der Waals surface area contributed by atoms with Gasteiger partial charge in [-0.2, -0.15) is 0 Å². The van der Waals surface area contributed by atoms with Gasteiger partial charge in [0, 0.05) is 35.0 Å². The fraction of sp³-hybridized carbons (Fsp3) is 0.429. The maximum absolute atomic E-state index is 12.0. The number of benzene rings is 1. The van der Waals surface area contributed by atoms with E-state index in [0.717, 1.165) is 34.9 Å². The molecule has 6 heteroatoms. The van der Waals surface area contributed by atoms with Crippen LogP contribution in [0.1, 0.15) is 29.6 Å². The van der Waals surface area contributed by atoms with Gasteiger partial charge in [0.2, 0.25) is 5.91 Å². The molecule has 20 heavy (non-hydrogen) atoms. The summed E-state index contributed by atoms with van der Waals surface area (Å²) in [6.07, 6.45) is 2.40. The van der Waals surface area contributed by atoms with E-state index in [1.54, 1.807) is 6.07 Å². The van der Waals surface area contributed by atoms with Crippen LogP contribution < -0.4 is 5.32 Å². The predicted molar refractivity (Wildman–Crippen MR) is 84.6 cm³/mol. The molecule has 0 unspecified atom stereocenters. The fourth-order valence-electron chi connectivity index (χ4n) is 2.18. The molecule has 0 aromatic heterocycles. The van der Waals surface area contributed by atoms with E-state index in [1.165, 1.54) is 0 Å². The van der Waals surface area contributed by atoms with Gasteiger partial charge in [0.1, 0.15) is 0 Å². The number of carbonyl (C=O) groups is 2. The Hall–Kier alpha value is -0.880. The summed E-state index contributed by atoms with van der Waals surface area (Å²) in [4.78, 5) is 25.3. The Labute approximate surface area is 135 Å². The van der Waals surface area contributed by atoms with E-state index in [4.69, 9.17) is 0 Å². The summed E-state index contributed by atoms with van der Waals surface area (Å²) in [6, 6.07) is 5.49. The third-order valence-electron chi connectivity index (χ3n) is 3.23. The lowest BCUT2D eigenvalue weighted by atomic mass is 10.2. The highest BCUT2D eigenvalue weighted by Crippen LogP contribution is 2.21. The zero-order valence-corrected chi connectivity index (χ0v) is 14.2. The molecule has 1 aliphatic rings. The van der Waals surface area contributed by atoms with Gasteiger partial charge in [0.15, 0.2) is 0 Å². The molecule has 0 radical (unpaired) electrons. The highest BCUT2D eigenvalue weighted by atomic mass is 79.9. The van der Waals surface area contributed by atoms with Crippen LogP contribution in [0, 0.1) is 0 Å². The van der Waals surface area contributed by atoms with Crippen LogP contribution >= 0.6 is 31.9 Å². The summed E-state index contributed by atoms with van der Waals surface area (Å²) in [6.45, 7) is 2.14. The van der Waals surface area contributed by atoms with Crippen LogP contribution in [0.2, 0.25) is 0 Å². The summed E-state index contributed by atoms with van der Waals surface area (Å²) in [7, 11) is 0. The van der Waals surface area contributed by atoms with Crippen LogP contribution in [0.5, 0.6) is 0 Å². The average Bonchev–Trinajstić information content (AvgIpc) is 2.83. The summed E-state index contributed by atoms with van der Waals surface area (Å²) in [5.41, 5.74) is 0.608. The van der Waals surface area contributed by atoms with Crippen LogP contribution in [-0.4, -0.2) is 36.3 Å². The summed E-state index contributed by atoms with van der Waals surface area (Å²) in [5.74, 6) is 0.122. The second-order valence-electron chi connectivity index (χ2n) is 4.72. The number of hydrogen-bond donors (Lipinski definition) is 1. The second kappa shape index (κ2) is 7.22. The minimum absolute atomic E-state index is 0.106. The quantitative estimate of drug-likeness (QED) is 0.768. The molecule has 2 amide bonds. The first kappa shape index (κ1) is 15.5. The molecule has 1 fully saturated rings. The molecule has 0 spiro atoms. The molecule has 1 aliphatic heterocycles. The van der Waals surface area contributed by atoms with E-state index in [2.05, 4.69) is 37.2 Å². The Morgan fingerprint density at radius 1 is 1.35 bits per heavy atom. The Kier molecular flexibility index (Phi) is 5.60. The van der Waals surface area contributed by atoms with Gasteiger partial charge < -0.3 is 10.2 Å². The highest BCUT2D eigenvalue weighted by Gasteiger charge is 2.19. The molecule has 108 valence electrons. The van der Waals surface area contributed by atoms with Crippen molar-refractivity contribution in [3.63, 3.8) is 0 Å². The lowest BCUT2D eigenvalue weighted by Crippen LogP contribution is -2.30. The molecule has 4 nitrogen and oxygen atoms in total. The van der Waals surface area contributed by atoms with E-state index in [9.17, 15) is 9.59 Å². The normalized spacial score (nSPS) is 14.7. The van der Waals surface area contributed by atoms with E-state index in [1.807, 2.05) is 17.0 Å². The Morgan fingerprint density at radius 3 is 2.85 bits per heavy atom. The van der Waals surface area contributed by atoms with Crippen molar-refractivity contribution in [2.24, 2.45) is 0 Å². The third-order valence-corrected chi connectivity index (χ3v) is 4.42. The number of halogens is 2. The molecule has 0 aliphatic carbocycles. The SMILES string of the molecule is O=C(NCCCN1CCCC1=O)c1cc(Br)ccc1Br. The second-order valence-corrected chi connectivity index (χ2v) is 6.49. The first-order chi connectivity index (χ1) is 9.58. The smallest absolute Gasteiger partial charge is 0.252 e. The topological polar surface area (TPSA) is 49.4 Å². The standard InChI is InChI=1S/C14H16Br2N2O2/c15-10-4-5-12(16)11(9-10)14(20)17-6-2-8-18-7-1-3-13(18)19/h4-5,9H,1-3,6-8H2,(H,17,20). The number of nitrogens with one attached hydrogen (secondary N) is 1. The minimum atomic E-state index is -0.106. The van der Waals surface area contributed by atoms with Crippen molar-refractivity contribution < 1.29 is 9.59 Å². The van der Waals surface area contributed by atoms with E-state index >= 15 is 0 Å². The first-order valence-corrected chi connectivity index (χ1v) is 8.17. The zero-order chi connectivity index (χ0) is 14.5. The molecule has 1 aromatic rings. The van der Waals surface area contributed by atoms with Gasteiger partial charge in [-0.25, -0.2) is 0 Å². The van der Waals surface area contributed by atoms with E-state index in [-0.39, 0.29) is 11.8 Å². The monoisotopic (exact) mass is 402 g/mol. The maximum Gasteiger partial charge on any atom is 0.252 e. The Bertz CT molecular complexity index is 520. The summed E-state index contributed by atoms with van der Waals surface area (Å²) in [5, 5.41) is 2.88. The molecular formula is C14H16Br2N2O2. The fourth-order valence-corrected chi connectivity index (χ4v) is 2.97. The lowest BCUT2D eigenvalue weighted by Gasteiger charge is -2.15. The first-order valence-electron chi connectivity index (χ1n) is 6.59. The zero-order valence-electron chi connectivity index (χ0n) is 11.0. The van der Waals surface area contributed by atoms with Crippen molar-refractivity contribution >= 4 is 43.7 Å². The van der Waals surface area contributed by atoms with Gasteiger partial charge >= 0.3 is 0 Å². The van der Waals surface area contributed by atoms with Crippen LogP contribution in [-0.2, 0) is 4.79 Å². The van der Waals surface area contributed by atoms with Crippen LogP contribution in [0.4, 0.5) is 0 Å². The number of likely N-dealkylation sites (tertiary alicyclic amines) is 1. The van der Waals surface area contributed by atoms with Crippen LogP contribution in [0.25, 0.3) is 0 Å². The van der Waals surface area contributed by atoms with Crippen molar-refractivity contribution in [3.05, 3.63) is 32.7 Å². The molecule has 2 rings (SSSR count). The summed E-state index contributed by atoms with van der Waals surface area (Å²) >= 11 is 6.72. The molecule has 1 saturated heterocycles. The van der Waals surface area contributed by atoms with Crippen LogP contribution in [0.3, 0.4) is 0 Å². The van der Waals surface area contributed by atoms with Gasteiger partial charge in [-0.15, -0.1) is 0 Å². The number of amides is 2. The lowest BCUT2D eigenvalue weighted by molar-refractivity contribution is -0.127. The molecule has 1 heterocycles. The van der Waals surface area contributed by atoms with Crippen molar-refractivity contribution in [1.82, 2.24) is 10.2 Å². The Morgan fingerprint density at radius 2 is 2.15 bits per heavy atom. The number of nitrogens with zero attached hydrogens (tertiary/aromatic N) is 1. The molecule has 0 bridgehead atoms.